The van der Waals surface area contributed by atoms with Gasteiger partial charge < -0.3 is 10.8 Å². The number of nitrogens with zero attached hydrogens (tertiary/aromatic N) is 1. The van der Waals surface area contributed by atoms with Gasteiger partial charge in [0.05, 0.1) is 11.5 Å². The quantitative estimate of drug-likeness (QED) is 0.734. The fourth-order valence-electron chi connectivity index (χ4n) is 2.50. The zero-order valence-electron chi connectivity index (χ0n) is 14.1. The van der Waals surface area contributed by atoms with Gasteiger partial charge in [-0.1, -0.05) is 19.1 Å². The summed E-state index contributed by atoms with van der Waals surface area (Å²) in [4.78, 5) is 15.0. The van der Waals surface area contributed by atoms with Crippen LogP contribution in [0.5, 0.6) is 0 Å². The minimum Gasteiger partial charge on any atom is -0.481 e. The van der Waals surface area contributed by atoms with E-state index in [4.69, 9.17) is 10.8 Å². The van der Waals surface area contributed by atoms with Crippen molar-refractivity contribution in [3.63, 3.8) is 0 Å². The number of nitrogen functional groups attached to an aromatic ring is 1. The molecule has 0 aliphatic carbocycles. The Hall–Kier alpha value is -2.83. The second kappa shape index (κ2) is 8.03. The number of carboxylic acid groups (broad SMARTS) is 1. The number of rotatable bonds is 6. The van der Waals surface area contributed by atoms with Crippen molar-refractivity contribution in [1.82, 2.24) is 4.98 Å². The highest BCUT2D eigenvalue weighted by Crippen LogP contribution is 2.34. The normalized spacial score (nSPS) is 13.5. The molecular weight excluding hydrogens is 345 g/mol. The van der Waals surface area contributed by atoms with E-state index in [1.165, 1.54) is 6.07 Å². The molecule has 4 nitrogen and oxygen atoms in total. The predicted octanol–water partition coefficient (Wildman–Crippen LogP) is 4.62. The Morgan fingerprint density at radius 3 is 2.62 bits per heavy atom. The van der Waals surface area contributed by atoms with Crippen LogP contribution in [0.3, 0.4) is 0 Å². The molecule has 7 heteroatoms. The Labute approximate surface area is 149 Å². The number of carbonyl (C=O) groups is 1. The lowest BCUT2D eigenvalue weighted by Gasteiger charge is -2.14. The van der Waals surface area contributed by atoms with Gasteiger partial charge in [-0.25, -0.2) is 0 Å². The number of hydrogen-bond acceptors (Lipinski definition) is 3. The smallest absolute Gasteiger partial charge is 0.416 e. The van der Waals surface area contributed by atoms with E-state index in [1.54, 1.807) is 37.5 Å². The summed E-state index contributed by atoms with van der Waals surface area (Å²) in [5, 5.41) is 8.97. The number of halogens is 3. The third-order valence-corrected chi connectivity index (χ3v) is 3.94. The van der Waals surface area contributed by atoms with E-state index in [1.807, 2.05) is 0 Å². The summed E-state index contributed by atoms with van der Waals surface area (Å²) in [6.07, 6.45) is 1.09. The highest BCUT2D eigenvalue weighted by molar-refractivity contribution is 5.81. The van der Waals surface area contributed by atoms with Gasteiger partial charge in [-0.15, -0.1) is 0 Å². The molecule has 0 amide bonds. The third-order valence-electron chi connectivity index (χ3n) is 3.94. The Kier molecular flexibility index (Phi) is 6.02. The van der Waals surface area contributed by atoms with E-state index in [0.29, 0.717) is 29.5 Å². The van der Waals surface area contributed by atoms with Crippen molar-refractivity contribution in [2.24, 2.45) is 5.92 Å². The molecular formula is C19H19F3N2O2. The maximum atomic E-state index is 13.1. The van der Waals surface area contributed by atoms with Crippen molar-refractivity contribution in [2.45, 2.75) is 25.9 Å². The number of pyridine rings is 1. The van der Waals surface area contributed by atoms with Crippen molar-refractivity contribution >= 4 is 17.2 Å². The fourth-order valence-corrected chi connectivity index (χ4v) is 2.50. The summed E-state index contributed by atoms with van der Waals surface area (Å²) in [6, 6.07) is 6.80. The van der Waals surface area contributed by atoms with Crippen LogP contribution in [-0.4, -0.2) is 16.1 Å². The molecule has 0 bridgehead atoms. The molecule has 1 atom stereocenters. The Balaban J connectivity index is 2.45. The molecule has 1 aromatic carbocycles. The maximum absolute atomic E-state index is 13.1. The molecule has 1 heterocycles. The van der Waals surface area contributed by atoms with Crippen LogP contribution in [0.25, 0.3) is 5.57 Å². The van der Waals surface area contributed by atoms with E-state index in [0.717, 1.165) is 12.1 Å². The lowest BCUT2D eigenvalue weighted by Crippen LogP contribution is -2.08. The molecule has 0 saturated carbocycles. The summed E-state index contributed by atoms with van der Waals surface area (Å²) in [5.74, 6) is -1.46. The molecule has 2 aromatic rings. The number of alkyl halides is 3. The minimum absolute atomic E-state index is 0.00326. The SMILES string of the molecule is CC(CCC=C(c1cccnc1)c1cc(N)cc(C(F)(F)F)c1)C(=O)O. The lowest BCUT2D eigenvalue weighted by atomic mass is 9.94. The van der Waals surface area contributed by atoms with Crippen LogP contribution in [0.15, 0.2) is 48.8 Å². The van der Waals surface area contributed by atoms with Gasteiger partial charge >= 0.3 is 12.1 Å². The van der Waals surface area contributed by atoms with Crippen LogP contribution in [-0.2, 0) is 11.0 Å². The van der Waals surface area contributed by atoms with Gasteiger partial charge in [0.15, 0.2) is 0 Å². The number of aliphatic carboxylic acids is 1. The maximum Gasteiger partial charge on any atom is 0.416 e. The molecule has 26 heavy (non-hydrogen) atoms. The summed E-state index contributed by atoms with van der Waals surface area (Å²) in [6.45, 7) is 1.59. The highest BCUT2D eigenvalue weighted by atomic mass is 19.4. The van der Waals surface area contributed by atoms with E-state index >= 15 is 0 Å². The summed E-state index contributed by atoms with van der Waals surface area (Å²) in [5.41, 5.74) is 6.32. The fraction of sp³-hybridized carbons (Fsp3) is 0.263. The van der Waals surface area contributed by atoms with Crippen molar-refractivity contribution in [1.29, 1.82) is 0 Å². The predicted molar refractivity (Wildman–Crippen MR) is 93.2 cm³/mol. The number of allylic oxidation sites excluding steroid dienone is 1. The zero-order valence-corrected chi connectivity index (χ0v) is 14.1. The molecule has 0 fully saturated rings. The van der Waals surface area contributed by atoms with Gasteiger partial charge in [0.25, 0.3) is 0 Å². The average Bonchev–Trinajstić information content (AvgIpc) is 2.57. The second-order valence-corrected chi connectivity index (χ2v) is 6.02. The first-order chi connectivity index (χ1) is 12.2. The first kappa shape index (κ1) is 19.5. The first-order valence-electron chi connectivity index (χ1n) is 8.00. The molecule has 1 aromatic heterocycles. The van der Waals surface area contributed by atoms with Gasteiger partial charge in [0.2, 0.25) is 0 Å². The summed E-state index contributed by atoms with van der Waals surface area (Å²) < 4.78 is 39.3. The molecule has 0 aliphatic rings. The van der Waals surface area contributed by atoms with Crippen molar-refractivity contribution in [2.75, 3.05) is 5.73 Å². The molecule has 1 unspecified atom stereocenters. The third kappa shape index (κ3) is 5.08. The second-order valence-electron chi connectivity index (χ2n) is 6.02. The number of nitrogens with two attached hydrogens (primary N) is 1. The standard InChI is InChI=1S/C19H19F3N2O2/c1-12(18(25)26)4-2-6-17(13-5-3-7-24-11-13)14-8-15(19(20,21)22)10-16(23)9-14/h3,5-12H,2,4,23H2,1H3,(H,25,26). The molecule has 2 rings (SSSR count). The number of aromatic nitrogens is 1. The summed E-state index contributed by atoms with van der Waals surface area (Å²) >= 11 is 0. The van der Waals surface area contributed by atoms with E-state index < -0.39 is 23.6 Å². The summed E-state index contributed by atoms with van der Waals surface area (Å²) in [7, 11) is 0. The highest BCUT2D eigenvalue weighted by Gasteiger charge is 2.31. The Bertz CT molecular complexity index is 802. The van der Waals surface area contributed by atoms with E-state index in [2.05, 4.69) is 4.98 Å². The monoisotopic (exact) mass is 364 g/mol. The largest absolute Gasteiger partial charge is 0.481 e. The zero-order chi connectivity index (χ0) is 19.3. The average molecular weight is 364 g/mol. The number of benzene rings is 1. The first-order valence-corrected chi connectivity index (χ1v) is 8.00. The van der Waals surface area contributed by atoms with Gasteiger partial charge in [-0.3, -0.25) is 9.78 Å². The number of carboxylic acids is 1. The molecule has 0 radical (unpaired) electrons. The van der Waals surface area contributed by atoms with Crippen LogP contribution in [0, 0.1) is 5.92 Å². The number of anilines is 1. The van der Waals surface area contributed by atoms with Crippen LogP contribution in [0.1, 0.15) is 36.5 Å². The van der Waals surface area contributed by atoms with Crippen LogP contribution in [0.2, 0.25) is 0 Å². The molecule has 0 aliphatic heterocycles. The van der Waals surface area contributed by atoms with Crippen LogP contribution < -0.4 is 5.73 Å². The van der Waals surface area contributed by atoms with Crippen molar-refractivity contribution in [3.8, 4) is 0 Å². The molecule has 0 spiro atoms. The minimum atomic E-state index is -4.51. The topological polar surface area (TPSA) is 76.2 Å². The van der Waals surface area contributed by atoms with Gasteiger partial charge in [-0.2, -0.15) is 13.2 Å². The number of hydrogen-bond donors (Lipinski definition) is 2. The van der Waals surface area contributed by atoms with Gasteiger partial charge in [0, 0.05) is 23.6 Å². The van der Waals surface area contributed by atoms with E-state index in [-0.39, 0.29) is 5.69 Å². The molecule has 138 valence electrons. The van der Waals surface area contributed by atoms with Gasteiger partial charge in [0.1, 0.15) is 0 Å². The van der Waals surface area contributed by atoms with Crippen LogP contribution in [0.4, 0.5) is 18.9 Å². The lowest BCUT2D eigenvalue weighted by molar-refractivity contribution is -0.141. The van der Waals surface area contributed by atoms with Crippen molar-refractivity contribution in [3.05, 3.63) is 65.5 Å². The van der Waals surface area contributed by atoms with E-state index in [9.17, 15) is 18.0 Å². The van der Waals surface area contributed by atoms with Crippen molar-refractivity contribution < 1.29 is 23.1 Å². The molecule has 3 N–H and O–H groups in total. The van der Waals surface area contributed by atoms with Gasteiger partial charge in [-0.05, 0) is 48.2 Å². The van der Waals surface area contributed by atoms with Crippen LogP contribution >= 0.6 is 0 Å². The Morgan fingerprint density at radius 2 is 2.04 bits per heavy atom. The Morgan fingerprint density at radius 1 is 1.31 bits per heavy atom. The molecule has 0 saturated heterocycles.